The number of nitrogens with one attached hydrogen (secondary N) is 1. The molecular weight excluding hydrogens is 558 g/mol. The number of likely N-dealkylation sites (tertiary alicyclic amines) is 1. The maximum absolute atomic E-state index is 14.4. The quantitative estimate of drug-likeness (QED) is 0.264. The molecule has 0 saturated carbocycles. The van der Waals surface area contributed by atoms with Crippen LogP contribution in [-0.2, 0) is 22.7 Å². The van der Waals surface area contributed by atoms with Crippen LogP contribution in [0, 0.1) is 17.7 Å². The summed E-state index contributed by atoms with van der Waals surface area (Å²) in [6, 6.07) is 8.74. The highest BCUT2D eigenvalue weighted by molar-refractivity contribution is 7.03. The number of amides is 2. The van der Waals surface area contributed by atoms with E-state index in [1.165, 1.54) is 35.5 Å². The molecule has 40 heavy (non-hydrogen) atoms. The Bertz CT molecular complexity index is 1680. The summed E-state index contributed by atoms with van der Waals surface area (Å²) >= 11 is 7.11. The van der Waals surface area contributed by atoms with Gasteiger partial charge in [0.1, 0.15) is 24.6 Å². The van der Waals surface area contributed by atoms with E-state index in [9.17, 15) is 23.2 Å². The fourth-order valence-corrected chi connectivity index (χ4v) is 5.39. The van der Waals surface area contributed by atoms with Gasteiger partial charge in [-0.25, -0.2) is 8.78 Å². The van der Waals surface area contributed by atoms with E-state index in [2.05, 4.69) is 21.5 Å². The van der Waals surface area contributed by atoms with Crippen molar-refractivity contribution in [3.8, 4) is 11.8 Å². The maximum Gasteiger partial charge on any atom is 0.243 e. The van der Waals surface area contributed by atoms with Crippen LogP contribution in [0.25, 0.3) is 10.9 Å². The third-order valence-corrected chi connectivity index (χ3v) is 7.59. The number of hydrogen-bond donors (Lipinski definition) is 1. The zero-order valence-corrected chi connectivity index (χ0v) is 22.9. The van der Waals surface area contributed by atoms with Gasteiger partial charge in [-0.15, -0.1) is 0 Å². The number of alkyl halides is 1. The van der Waals surface area contributed by atoms with Gasteiger partial charge in [0.15, 0.2) is 5.78 Å². The van der Waals surface area contributed by atoms with E-state index in [0.717, 1.165) is 5.56 Å². The number of carbonyl (C=O) groups excluding carboxylic acids is 3. The fraction of sp³-hybridized carbons (Fsp3) is 0.241. The summed E-state index contributed by atoms with van der Waals surface area (Å²) < 4.78 is 34.3. The van der Waals surface area contributed by atoms with Crippen molar-refractivity contribution in [2.24, 2.45) is 0 Å². The van der Waals surface area contributed by atoms with E-state index in [0.29, 0.717) is 22.0 Å². The maximum atomic E-state index is 14.4. The zero-order chi connectivity index (χ0) is 28.4. The molecule has 1 aliphatic rings. The van der Waals surface area contributed by atoms with Gasteiger partial charge in [-0.2, -0.15) is 4.37 Å². The van der Waals surface area contributed by atoms with Gasteiger partial charge < -0.3 is 14.8 Å². The second-order valence-corrected chi connectivity index (χ2v) is 10.5. The zero-order valence-electron chi connectivity index (χ0n) is 21.3. The van der Waals surface area contributed by atoms with Crippen molar-refractivity contribution in [1.82, 2.24) is 19.2 Å². The van der Waals surface area contributed by atoms with Crippen LogP contribution in [0.3, 0.4) is 0 Å². The average Bonchev–Trinajstić information content (AvgIpc) is 3.67. The molecule has 1 fully saturated rings. The average molecular weight is 581 g/mol. The Morgan fingerprint density at radius 3 is 2.75 bits per heavy atom. The first-order valence-corrected chi connectivity index (χ1v) is 13.6. The monoisotopic (exact) mass is 580 g/mol. The minimum Gasteiger partial charge on any atom is -0.350 e. The molecule has 1 aliphatic heterocycles. The highest BCUT2D eigenvalue weighted by Crippen LogP contribution is 2.26. The Morgan fingerprint density at radius 1 is 1.20 bits per heavy atom. The Morgan fingerprint density at radius 2 is 2.00 bits per heavy atom. The Labute approximate surface area is 237 Å². The SMILES string of the molecule is CC(=O)c1cn(CC(=O)N2C[C@H](F)C[C@H]2C(=O)NCc2cccc(Cl)c2F)c2ccc(C#Cc3cnsc3)cc12. The Kier molecular flexibility index (Phi) is 7.96. The Hall–Kier alpha value is -4.07. The van der Waals surface area contributed by atoms with Crippen LogP contribution in [0.4, 0.5) is 8.78 Å². The number of carbonyl (C=O) groups is 3. The molecule has 204 valence electrons. The highest BCUT2D eigenvalue weighted by atomic mass is 35.5. The van der Waals surface area contributed by atoms with Crippen molar-refractivity contribution in [2.75, 3.05) is 6.54 Å². The van der Waals surface area contributed by atoms with Crippen molar-refractivity contribution in [2.45, 2.75) is 38.6 Å². The number of hydrogen-bond acceptors (Lipinski definition) is 5. The van der Waals surface area contributed by atoms with Crippen molar-refractivity contribution < 1.29 is 23.2 Å². The predicted octanol–water partition coefficient (Wildman–Crippen LogP) is 4.75. The summed E-state index contributed by atoms with van der Waals surface area (Å²) in [5.74, 6) is 4.19. The molecule has 1 saturated heterocycles. The van der Waals surface area contributed by atoms with Crippen LogP contribution >= 0.6 is 23.1 Å². The minimum absolute atomic E-state index is 0.0731. The standard InChI is InChI=1S/C29H23ClF2N4O3S/c1-17(37)23-14-35(25-8-7-18(9-22(23)25)5-6-19-11-34-40-16-19)15-27(38)36-13-21(31)10-26(36)29(39)33-12-20-3-2-4-24(30)28(20)32/h2-4,7-9,11,14,16,21,26H,10,12-13,15H2,1H3,(H,33,39)/t21-,26+/m1/s1. The third-order valence-electron chi connectivity index (χ3n) is 6.71. The topological polar surface area (TPSA) is 84.3 Å². The molecule has 7 nitrogen and oxygen atoms in total. The summed E-state index contributed by atoms with van der Waals surface area (Å²) in [4.78, 5) is 39.9. The van der Waals surface area contributed by atoms with Gasteiger partial charge in [-0.1, -0.05) is 35.6 Å². The lowest BCUT2D eigenvalue weighted by Crippen LogP contribution is -2.46. The molecule has 2 amide bonds. The van der Waals surface area contributed by atoms with Gasteiger partial charge >= 0.3 is 0 Å². The molecule has 2 aromatic heterocycles. The number of rotatable bonds is 6. The number of aromatic nitrogens is 2. The van der Waals surface area contributed by atoms with E-state index in [4.69, 9.17) is 11.6 Å². The van der Waals surface area contributed by atoms with Gasteiger partial charge in [0, 0.05) is 52.1 Å². The van der Waals surface area contributed by atoms with E-state index >= 15 is 0 Å². The molecule has 3 heterocycles. The molecule has 0 aliphatic carbocycles. The third kappa shape index (κ3) is 5.76. The molecular formula is C29H23ClF2N4O3S. The van der Waals surface area contributed by atoms with Crippen LogP contribution in [0.1, 0.15) is 40.4 Å². The number of Topliss-reactive ketones (excluding diaryl/α,β-unsaturated/α-hetero) is 1. The number of fused-ring (bicyclic) bond motifs is 1. The van der Waals surface area contributed by atoms with Gasteiger partial charge in [-0.3, -0.25) is 14.4 Å². The van der Waals surface area contributed by atoms with Crippen molar-refractivity contribution >= 4 is 51.6 Å². The summed E-state index contributed by atoms with van der Waals surface area (Å²) in [5.41, 5.74) is 2.72. The largest absolute Gasteiger partial charge is 0.350 e. The minimum atomic E-state index is -1.38. The second kappa shape index (κ2) is 11.6. The number of ketones is 1. The van der Waals surface area contributed by atoms with Crippen LogP contribution in [0.15, 0.2) is 54.2 Å². The van der Waals surface area contributed by atoms with Gasteiger partial charge in [0.05, 0.1) is 23.3 Å². The lowest BCUT2D eigenvalue weighted by molar-refractivity contribution is -0.139. The van der Waals surface area contributed by atoms with Crippen molar-refractivity contribution in [1.29, 1.82) is 0 Å². The van der Waals surface area contributed by atoms with Crippen LogP contribution < -0.4 is 5.32 Å². The molecule has 5 rings (SSSR count). The molecule has 2 atom stereocenters. The molecule has 0 spiro atoms. The summed E-state index contributed by atoms with van der Waals surface area (Å²) in [6.07, 6.45) is 1.71. The molecule has 1 N–H and O–H groups in total. The van der Waals surface area contributed by atoms with Crippen LogP contribution in [0.5, 0.6) is 0 Å². The number of halogens is 3. The van der Waals surface area contributed by atoms with Gasteiger partial charge in [0.25, 0.3) is 0 Å². The van der Waals surface area contributed by atoms with Crippen molar-refractivity contribution in [3.05, 3.63) is 87.3 Å². The smallest absolute Gasteiger partial charge is 0.243 e. The molecule has 4 aromatic rings. The Balaban J connectivity index is 1.35. The number of nitrogens with zero attached hydrogens (tertiary/aromatic N) is 3. The summed E-state index contributed by atoms with van der Waals surface area (Å²) in [6.45, 7) is 0.847. The van der Waals surface area contributed by atoms with Gasteiger partial charge in [0.2, 0.25) is 11.8 Å². The van der Waals surface area contributed by atoms with E-state index in [1.54, 1.807) is 41.2 Å². The lowest BCUT2D eigenvalue weighted by atomic mass is 10.1. The van der Waals surface area contributed by atoms with Crippen molar-refractivity contribution in [3.63, 3.8) is 0 Å². The number of benzene rings is 2. The van der Waals surface area contributed by atoms with E-state index in [1.807, 2.05) is 5.38 Å². The fourth-order valence-electron chi connectivity index (χ4n) is 4.73. The second-order valence-electron chi connectivity index (χ2n) is 9.45. The molecule has 0 unspecified atom stereocenters. The summed E-state index contributed by atoms with van der Waals surface area (Å²) in [7, 11) is 0. The first-order valence-electron chi connectivity index (χ1n) is 12.4. The van der Waals surface area contributed by atoms with E-state index < -0.39 is 29.8 Å². The van der Waals surface area contributed by atoms with E-state index in [-0.39, 0.29) is 42.4 Å². The van der Waals surface area contributed by atoms with Crippen LogP contribution in [-0.4, -0.2) is 50.2 Å². The van der Waals surface area contributed by atoms with Gasteiger partial charge in [-0.05, 0) is 42.7 Å². The highest BCUT2D eigenvalue weighted by Gasteiger charge is 2.39. The molecule has 0 radical (unpaired) electrons. The normalized spacial score (nSPS) is 16.6. The van der Waals surface area contributed by atoms with Crippen LogP contribution in [0.2, 0.25) is 5.02 Å². The first-order chi connectivity index (χ1) is 19.2. The molecule has 11 heteroatoms. The summed E-state index contributed by atoms with van der Waals surface area (Å²) in [5, 5.41) is 4.98. The lowest BCUT2D eigenvalue weighted by Gasteiger charge is -2.24. The first kappa shape index (κ1) is 27.5. The predicted molar refractivity (Wildman–Crippen MR) is 148 cm³/mol. The molecule has 2 aromatic carbocycles. The molecule has 0 bridgehead atoms.